The van der Waals surface area contributed by atoms with Crippen LogP contribution in [-0.4, -0.2) is 29.5 Å². The Hall–Kier alpha value is -4.81. The fraction of sp³-hybridized carbons (Fsp3) is 0.0500. The van der Waals surface area contributed by atoms with Crippen LogP contribution < -0.4 is 0 Å². The highest BCUT2D eigenvalue weighted by Crippen LogP contribution is 2.23. The number of hydrogen-bond donors (Lipinski definition) is 0. The highest BCUT2D eigenvalue weighted by Gasteiger charge is 2.19. The van der Waals surface area contributed by atoms with Gasteiger partial charge in [0.15, 0.2) is 17.3 Å². The lowest BCUT2D eigenvalue weighted by molar-refractivity contribution is 0.804. The second-order valence-electron chi connectivity index (χ2n) is 5.89. The van der Waals surface area contributed by atoms with E-state index in [0.29, 0.717) is 23.0 Å². The van der Waals surface area contributed by atoms with E-state index in [1.165, 1.54) is 9.36 Å². The molecule has 0 aliphatic rings. The van der Waals surface area contributed by atoms with E-state index in [2.05, 4.69) is 31.1 Å². The van der Waals surface area contributed by atoms with Crippen LogP contribution in [0.5, 0.6) is 0 Å². The van der Waals surface area contributed by atoms with E-state index < -0.39 is 5.92 Å². The third-order valence-corrected chi connectivity index (χ3v) is 4.10. The fourth-order valence-electron chi connectivity index (χ4n) is 2.75. The zero-order valence-electron chi connectivity index (χ0n) is 14.9. The number of pyridine rings is 2. The Labute approximate surface area is 165 Å². The molecule has 4 rings (SSSR count). The molecule has 0 fully saturated rings. The fourth-order valence-corrected chi connectivity index (χ4v) is 2.75. The molecule has 29 heavy (non-hydrogen) atoms. The molecule has 0 amide bonds. The van der Waals surface area contributed by atoms with Crippen LogP contribution in [0.3, 0.4) is 0 Å². The van der Waals surface area contributed by atoms with Crippen molar-refractivity contribution in [2.75, 3.05) is 0 Å². The van der Waals surface area contributed by atoms with Crippen LogP contribution in [0.2, 0.25) is 0 Å². The number of hydrogen-bond acceptors (Lipinski definition) is 6. The Morgan fingerprint density at radius 2 is 1.48 bits per heavy atom. The van der Waals surface area contributed by atoms with Crippen LogP contribution in [0, 0.1) is 29.2 Å². The molecule has 0 aliphatic heterocycles. The van der Waals surface area contributed by atoms with Crippen molar-refractivity contribution >= 4 is 5.82 Å². The van der Waals surface area contributed by atoms with Gasteiger partial charge in [0.2, 0.25) is 0 Å². The first kappa shape index (κ1) is 17.6. The van der Waals surface area contributed by atoms with E-state index in [1.54, 1.807) is 60.9 Å². The first-order chi connectivity index (χ1) is 14.2. The molecular weight excluding hydrogens is 366 g/mol. The van der Waals surface area contributed by atoms with Crippen molar-refractivity contribution < 1.29 is 0 Å². The molecule has 0 aromatic carbocycles. The molecule has 136 valence electrons. The summed E-state index contributed by atoms with van der Waals surface area (Å²) < 4.78 is 2.97. The molecule has 0 saturated carbocycles. The molecule has 9 heteroatoms. The Morgan fingerprint density at radius 1 is 0.862 bits per heavy atom. The lowest BCUT2D eigenvalue weighted by Crippen LogP contribution is -2.08. The largest absolute Gasteiger partial charge is 0.359 e. The van der Waals surface area contributed by atoms with Gasteiger partial charge in [0.05, 0.1) is 17.5 Å². The van der Waals surface area contributed by atoms with Crippen LogP contribution in [0.1, 0.15) is 23.0 Å². The van der Waals surface area contributed by atoms with E-state index in [1.807, 2.05) is 6.07 Å². The Morgan fingerprint density at radius 3 is 2.00 bits per heavy atom. The molecule has 0 radical (unpaired) electrons. The van der Waals surface area contributed by atoms with Crippen LogP contribution >= 0.6 is 0 Å². The van der Waals surface area contributed by atoms with Gasteiger partial charge >= 0.3 is 0 Å². The first-order valence-corrected chi connectivity index (χ1v) is 8.45. The summed E-state index contributed by atoms with van der Waals surface area (Å²) in [6.07, 6.45) is 3.28. The van der Waals surface area contributed by atoms with Gasteiger partial charge < -0.3 is 4.85 Å². The molecule has 0 spiro atoms. The van der Waals surface area contributed by atoms with E-state index in [4.69, 9.17) is 11.8 Å². The zero-order valence-corrected chi connectivity index (χ0v) is 14.9. The minimum atomic E-state index is -0.711. The monoisotopic (exact) mass is 377 g/mol. The lowest BCUT2D eigenvalue weighted by atomic mass is 10.0. The van der Waals surface area contributed by atoms with Gasteiger partial charge in [0, 0.05) is 12.4 Å². The summed E-state index contributed by atoms with van der Waals surface area (Å²) in [5, 5.41) is 27.0. The van der Waals surface area contributed by atoms with Gasteiger partial charge in [0.1, 0.15) is 12.0 Å². The van der Waals surface area contributed by atoms with E-state index in [-0.39, 0.29) is 11.5 Å². The maximum Gasteiger partial charge on any atom is 0.295 e. The third-order valence-electron chi connectivity index (χ3n) is 4.10. The highest BCUT2D eigenvalue weighted by atomic mass is 15.3. The smallest absolute Gasteiger partial charge is 0.295 e. The summed E-state index contributed by atoms with van der Waals surface area (Å²) >= 11 is 0. The van der Waals surface area contributed by atoms with E-state index >= 15 is 0 Å². The van der Waals surface area contributed by atoms with Crippen molar-refractivity contribution in [3.8, 4) is 23.8 Å². The van der Waals surface area contributed by atoms with Gasteiger partial charge in [-0.25, -0.2) is 14.6 Å². The molecular formula is C20H11N9. The van der Waals surface area contributed by atoms with Crippen LogP contribution in [0.25, 0.3) is 16.5 Å². The number of nitriles is 2. The first-order valence-electron chi connectivity index (χ1n) is 8.45. The minimum absolute atomic E-state index is 0.263. The summed E-state index contributed by atoms with van der Waals surface area (Å²) in [5.41, 5.74) is 1.29. The van der Waals surface area contributed by atoms with Crippen molar-refractivity contribution in [1.82, 2.24) is 29.5 Å². The van der Waals surface area contributed by atoms with Crippen molar-refractivity contribution in [3.63, 3.8) is 0 Å². The third kappa shape index (κ3) is 3.42. The average molecular weight is 377 g/mol. The normalized spacial score (nSPS) is 11.2. The molecule has 0 bridgehead atoms. The van der Waals surface area contributed by atoms with Crippen LogP contribution in [0.4, 0.5) is 5.82 Å². The topological polar surface area (TPSA) is 113 Å². The van der Waals surface area contributed by atoms with Crippen LogP contribution in [-0.2, 0) is 0 Å². The van der Waals surface area contributed by atoms with Gasteiger partial charge in [-0.3, -0.25) is 0 Å². The van der Waals surface area contributed by atoms with E-state index in [9.17, 15) is 5.26 Å². The summed E-state index contributed by atoms with van der Waals surface area (Å²) in [6.45, 7) is 7.03. The lowest BCUT2D eigenvalue weighted by Gasteiger charge is -2.10. The summed E-state index contributed by atoms with van der Waals surface area (Å²) in [4.78, 5) is 12.3. The predicted molar refractivity (Wildman–Crippen MR) is 101 cm³/mol. The summed E-state index contributed by atoms with van der Waals surface area (Å²) in [5.74, 6) is 0.546. The molecule has 0 aliphatic carbocycles. The minimum Gasteiger partial charge on any atom is -0.359 e. The van der Waals surface area contributed by atoms with Crippen molar-refractivity contribution in [1.29, 1.82) is 10.5 Å². The Bertz CT molecular complexity index is 1210. The average Bonchev–Trinajstić information content (AvgIpc) is 3.44. The molecule has 1 atom stereocenters. The molecule has 9 nitrogen and oxygen atoms in total. The SMILES string of the molecule is [C-]#[N+]c1ccn(-c2cccc(C(C#N)c3cccc(-n4ccc(C#N)n4)n3)n2)n1. The molecule has 0 N–H and O–H groups in total. The second kappa shape index (κ2) is 7.43. The number of aromatic nitrogens is 6. The molecule has 4 aromatic heterocycles. The molecule has 4 aromatic rings. The van der Waals surface area contributed by atoms with Gasteiger partial charge in [0.25, 0.3) is 5.82 Å². The zero-order chi connectivity index (χ0) is 20.2. The predicted octanol–water partition coefficient (Wildman–Crippen LogP) is 2.93. The highest BCUT2D eigenvalue weighted by molar-refractivity contribution is 5.39. The Kier molecular flexibility index (Phi) is 4.51. The Balaban J connectivity index is 1.70. The van der Waals surface area contributed by atoms with Crippen molar-refractivity contribution in [2.45, 2.75) is 5.92 Å². The van der Waals surface area contributed by atoms with Gasteiger partial charge in [-0.05, 0) is 41.5 Å². The quantitative estimate of drug-likeness (QED) is 0.505. The molecule has 0 saturated heterocycles. The van der Waals surface area contributed by atoms with Gasteiger partial charge in [-0.1, -0.05) is 18.7 Å². The molecule has 1 unspecified atom stereocenters. The number of rotatable bonds is 4. The van der Waals surface area contributed by atoms with Crippen LogP contribution in [0.15, 0.2) is 60.9 Å². The maximum atomic E-state index is 9.78. The maximum absolute atomic E-state index is 9.78. The van der Waals surface area contributed by atoms with Gasteiger partial charge in [-0.2, -0.15) is 15.6 Å². The van der Waals surface area contributed by atoms with Gasteiger partial charge in [-0.15, -0.1) is 4.68 Å². The van der Waals surface area contributed by atoms with Crippen molar-refractivity contribution in [2.24, 2.45) is 0 Å². The van der Waals surface area contributed by atoms with Crippen molar-refractivity contribution in [3.05, 3.63) is 89.4 Å². The number of nitrogens with zero attached hydrogens (tertiary/aromatic N) is 9. The second-order valence-corrected chi connectivity index (χ2v) is 5.89. The molecule has 4 heterocycles. The summed E-state index contributed by atoms with van der Waals surface area (Å²) in [7, 11) is 0. The standard InChI is InChI=1S/C20H11N9/c1-23-18-9-11-29(27-18)20-7-3-5-17(25-20)15(13-22)16-4-2-6-19(24-16)28-10-8-14(12-21)26-28/h2-11,15H. The van der Waals surface area contributed by atoms with E-state index in [0.717, 1.165) is 0 Å². The summed E-state index contributed by atoms with van der Waals surface area (Å²) in [6, 6.07) is 17.9.